The molecule has 1 fully saturated rings. The molecular formula is C22H22Cl2N2O7. The lowest BCUT2D eigenvalue weighted by Crippen LogP contribution is -2.44. The summed E-state index contributed by atoms with van der Waals surface area (Å²) >= 11 is 12.4. The molecule has 0 bridgehead atoms. The molecule has 1 heterocycles. The Labute approximate surface area is 200 Å². The normalized spacial score (nSPS) is 22.0. The lowest BCUT2D eigenvalue weighted by molar-refractivity contribution is -0.528. The van der Waals surface area contributed by atoms with Gasteiger partial charge in [0.1, 0.15) is 17.8 Å². The number of methoxy groups -OCH3 is 2. The van der Waals surface area contributed by atoms with Crippen LogP contribution in [-0.2, 0) is 14.3 Å². The fraction of sp³-hybridized carbons (Fsp3) is 0.364. The van der Waals surface area contributed by atoms with Gasteiger partial charge in [-0.2, -0.15) is 0 Å². The van der Waals surface area contributed by atoms with Crippen molar-refractivity contribution in [3.05, 3.63) is 73.8 Å². The zero-order chi connectivity index (χ0) is 24.3. The Hall–Kier alpha value is -3.04. The summed E-state index contributed by atoms with van der Waals surface area (Å²) in [6.07, 6.45) is -0.924. The molecule has 2 aromatic rings. The molecule has 0 aromatic heterocycles. The van der Waals surface area contributed by atoms with Gasteiger partial charge in [0.05, 0.1) is 26.7 Å². The number of carbonyl (C=O) groups is 2. The van der Waals surface area contributed by atoms with Crippen LogP contribution in [0.3, 0.4) is 0 Å². The monoisotopic (exact) mass is 496 g/mol. The van der Waals surface area contributed by atoms with Crippen LogP contribution >= 0.6 is 23.2 Å². The SMILES string of the molecule is CCOC(=O)[C@@H]1[C@@H](c2ccc(OC)cc2)[C@@H]([N+](=O)[O-])[C@H](c2ccc(Cl)cc2Cl)N1C(=O)OC. The maximum Gasteiger partial charge on any atom is 0.411 e. The Morgan fingerprint density at radius 1 is 1.12 bits per heavy atom. The van der Waals surface area contributed by atoms with Gasteiger partial charge >= 0.3 is 12.1 Å². The quantitative estimate of drug-likeness (QED) is 0.329. The van der Waals surface area contributed by atoms with E-state index in [1.54, 1.807) is 31.2 Å². The lowest BCUT2D eigenvalue weighted by Gasteiger charge is -2.28. The van der Waals surface area contributed by atoms with Crippen LogP contribution in [0.15, 0.2) is 42.5 Å². The molecule has 0 saturated carbocycles. The van der Waals surface area contributed by atoms with Crippen molar-refractivity contribution in [2.45, 2.75) is 31.0 Å². The highest BCUT2D eigenvalue weighted by molar-refractivity contribution is 6.35. The first-order valence-electron chi connectivity index (χ1n) is 10.00. The first-order chi connectivity index (χ1) is 15.7. The maximum atomic E-state index is 13.1. The molecule has 4 atom stereocenters. The number of esters is 1. The standard InChI is InChI=1S/C22H22Cl2N2O7/c1-4-33-21(27)20-17(12-5-8-14(31-2)9-6-12)19(26(29)30)18(25(20)22(28)32-3)15-10-7-13(23)11-16(15)24/h5-11,17-20H,4H2,1-3H3/t17-,18-,19+,20-/m0/s1. The van der Waals surface area contributed by atoms with Gasteiger partial charge in [0.15, 0.2) is 0 Å². The molecule has 11 heteroatoms. The summed E-state index contributed by atoms with van der Waals surface area (Å²) < 4.78 is 15.3. The minimum absolute atomic E-state index is 0.0230. The van der Waals surface area contributed by atoms with Gasteiger partial charge in [-0.1, -0.05) is 41.4 Å². The number of likely N-dealkylation sites (tertiary alicyclic amines) is 1. The molecule has 0 radical (unpaired) electrons. The van der Waals surface area contributed by atoms with Gasteiger partial charge < -0.3 is 14.2 Å². The smallest absolute Gasteiger partial charge is 0.411 e. The second-order valence-corrected chi connectivity index (χ2v) is 8.10. The summed E-state index contributed by atoms with van der Waals surface area (Å²) in [5.41, 5.74) is 0.718. The summed E-state index contributed by atoms with van der Waals surface area (Å²) in [5, 5.41) is 12.9. The summed E-state index contributed by atoms with van der Waals surface area (Å²) in [4.78, 5) is 39.0. The molecular weight excluding hydrogens is 475 g/mol. The van der Waals surface area contributed by atoms with Crippen LogP contribution in [0, 0.1) is 10.1 Å². The lowest BCUT2D eigenvalue weighted by atomic mass is 9.85. The molecule has 1 amide bonds. The van der Waals surface area contributed by atoms with Crippen molar-refractivity contribution in [2.24, 2.45) is 0 Å². The highest BCUT2D eigenvalue weighted by Gasteiger charge is 2.62. The van der Waals surface area contributed by atoms with E-state index >= 15 is 0 Å². The van der Waals surface area contributed by atoms with E-state index in [0.29, 0.717) is 16.3 Å². The van der Waals surface area contributed by atoms with E-state index in [2.05, 4.69) is 0 Å². The van der Waals surface area contributed by atoms with Crippen molar-refractivity contribution in [2.75, 3.05) is 20.8 Å². The maximum absolute atomic E-state index is 13.1. The van der Waals surface area contributed by atoms with Gasteiger partial charge in [-0.15, -0.1) is 0 Å². The Morgan fingerprint density at radius 2 is 1.79 bits per heavy atom. The molecule has 1 saturated heterocycles. The predicted molar refractivity (Wildman–Crippen MR) is 120 cm³/mol. The number of nitrogens with zero attached hydrogens (tertiary/aromatic N) is 2. The van der Waals surface area contributed by atoms with Crippen LogP contribution in [0.4, 0.5) is 4.79 Å². The van der Waals surface area contributed by atoms with Crippen molar-refractivity contribution in [3.8, 4) is 5.75 Å². The third-order valence-corrected chi connectivity index (χ3v) is 6.13. The first-order valence-corrected chi connectivity index (χ1v) is 10.8. The molecule has 9 nitrogen and oxygen atoms in total. The molecule has 176 valence electrons. The summed E-state index contributed by atoms with van der Waals surface area (Å²) in [6, 6.07) is 6.92. The largest absolute Gasteiger partial charge is 0.497 e. The minimum atomic E-state index is -1.44. The third kappa shape index (κ3) is 4.69. The Kier molecular flexibility index (Phi) is 7.65. The Morgan fingerprint density at radius 3 is 2.30 bits per heavy atom. The fourth-order valence-corrected chi connectivity index (χ4v) is 4.76. The van der Waals surface area contributed by atoms with Gasteiger partial charge in [-0.05, 0) is 36.8 Å². The summed E-state index contributed by atoms with van der Waals surface area (Å²) in [6.45, 7) is 1.63. The number of halogens is 2. The molecule has 33 heavy (non-hydrogen) atoms. The molecule has 3 rings (SSSR count). The molecule has 0 N–H and O–H groups in total. The van der Waals surface area contributed by atoms with Crippen LogP contribution in [0.25, 0.3) is 0 Å². The number of benzene rings is 2. The van der Waals surface area contributed by atoms with Crippen molar-refractivity contribution in [3.63, 3.8) is 0 Å². The van der Waals surface area contributed by atoms with Gasteiger partial charge in [0.2, 0.25) is 6.04 Å². The first kappa shape index (κ1) is 24.6. The van der Waals surface area contributed by atoms with E-state index in [-0.39, 0.29) is 17.2 Å². The zero-order valence-corrected chi connectivity index (χ0v) is 19.6. The number of carbonyl (C=O) groups excluding carboxylic acids is 2. The molecule has 0 unspecified atom stereocenters. The third-order valence-electron chi connectivity index (χ3n) is 5.57. The molecule has 1 aliphatic rings. The second-order valence-electron chi connectivity index (χ2n) is 7.26. The van der Waals surface area contributed by atoms with Crippen LogP contribution in [-0.4, -0.2) is 54.8 Å². The van der Waals surface area contributed by atoms with Gasteiger partial charge in [-0.25, -0.2) is 9.59 Å². The number of nitro groups is 1. The number of rotatable bonds is 6. The van der Waals surface area contributed by atoms with Crippen molar-refractivity contribution < 1.29 is 28.7 Å². The number of hydrogen-bond donors (Lipinski definition) is 0. The van der Waals surface area contributed by atoms with Crippen molar-refractivity contribution in [1.82, 2.24) is 4.90 Å². The van der Waals surface area contributed by atoms with Crippen molar-refractivity contribution in [1.29, 1.82) is 0 Å². The minimum Gasteiger partial charge on any atom is -0.497 e. The van der Waals surface area contributed by atoms with E-state index in [0.717, 1.165) is 12.0 Å². The average molecular weight is 497 g/mol. The summed E-state index contributed by atoms with van der Waals surface area (Å²) in [5.74, 6) is -1.31. The Balaban J connectivity index is 2.28. The second kappa shape index (κ2) is 10.3. The van der Waals surface area contributed by atoms with Crippen LogP contribution in [0.1, 0.15) is 30.0 Å². The van der Waals surface area contributed by atoms with Crippen LogP contribution in [0.5, 0.6) is 5.75 Å². The number of ether oxygens (including phenoxy) is 3. The van der Waals surface area contributed by atoms with Gasteiger partial charge in [0, 0.05) is 20.5 Å². The van der Waals surface area contributed by atoms with E-state index in [1.165, 1.54) is 25.3 Å². The summed E-state index contributed by atoms with van der Waals surface area (Å²) in [7, 11) is 2.62. The molecule has 2 aromatic carbocycles. The number of amides is 1. The van der Waals surface area contributed by atoms with E-state index < -0.39 is 41.0 Å². The predicted octanol–water partition coefficient (Wildman–Crippen LogP) is 4.49. The number of hydrogen-bond acceptors (Lipinski definition) is 7. The van der Waals surface area contributed by atoms with Crippen molar-refractivity contribution >= 4 is 35.3 Å². The Bertz CT molecular complexity index is 1050. The molecule has 1 aliphatic heterocycles. The average Bonchev–Trinajstić information content (AvgIpc) is 3.15. The van der Waals surface area contributed by atoms with E-state index in [4.69, 9.17) is 37.4 Å². The van der Waals surface area contributed by atoms with Crippen LogP contribution < -0.4 is 4.74 Å². The highest BCUT2D eigenvalue weighted by Crippen LogP contribution is 2.49. The van der Waals surface area contributed by atoms with E-state index in [9.17, 15) is 19.7 Å². The van der Waals surface area contributed by atoms with Crippen LogP contribution in [0.2, 0.25) is 10.0 Å². The molecule has 0 aliphatic carbocycles. The van der Waals surface area contributed by atoms with Gasteiger partial charge in [0.25, 0.3) is 0 Å². The van der Waals surface area contributed by atoms with E-state index in [1.807, 2.05) is 0 Å². The molecule has 0 spiro atoms. The topological polar surface area (TPSA) is 108 Å². The van der Waals surface area contributed by atoms with Gasteiger partial charge in [-0.3, -0.25) is 15.0 Å². The zero-order valence-electron chi connectivity index (χ0n) is 18.1. The highest BCUT2D eigenvalue weighted by atomic mass is 35.5. The fourth-order valence-electron chi connectivity index (χ4n) is 4.24.